The van der Waals surface area contributed by atoms with E-state index in [4.69, 9.17) is 21.3 Å². The summed E-state index contributed by atoms with van der Waals surface area (Å²) in [5, 5.41) is 0.505. The number of amides is 1. The van der Waals surface area contributed by atoms with Crippen molar-refractivity contribution in [2.75, 3.05) is 18.1 Å². The lowest BCUT2D eigenvalue weighted by Gasteiger charge is -2.37. The van der Waals surface area contributed by atoms with Gasteiger partial charge < -0.3 is 9.30 Å². The van der Waals surface area contributed by atoms with Gasteiger partial charge in [-0.2, -0.15) is 0 Å². The average Bonchev–Trinajstić information content (AvgIpc) is 3.25. The van der Waals surface area contributed by atoms with Crippen LogP contribution >= 0.6 is 11.6 Å². The minimum atomic E-state index is -1.18. The van der Waals surface area contributed by atoms with Gasteiger partial charge in [-0.1, -0.05) is 54.1 Å². The summed E-state index contributed by atoms with van der Waals surface area (Å²) in [4.78, 5) is 46.2. The molecule has 0 N–H and O–H groups in total. The maximum Gasteiger partial charge on any atom is 0.321 e. The number of nitrogens with zero attached hydrogens (tertiary/aromatic N) is 3. The number of carbonyl (C=O) groups excluding carboxylic acids is 3. The number of halogens is 1. The number of anilines is 1. The van der Waals surface area contributed by atoms with Gasteiger partial charge in [-0.25, -0.2) is 4.98 Å². The van der Waals surface area contributed by atoms with Crippen molar-refractivity contribution in [2.45, 2.75) is 13.0 Å². The molecule has 35 heavy (non-hydrogen) atoms. The first kappa shape index (κ1) is 22.8. The van der Waals surface area contributed by atoms with Crippen LogP contribution in [-0.2, 0) is 14.3 Å². The van der Waals surface area contributed by atoms with Crippen LogP contribution in [0.4, 0.5) is 5.95 Å². The van der Waals surface area contributed by atoms with E-state index in [-0.39, 0.29) is 18.9 Å². The summed E-state index contributed by atoms with van der Waals surface area (Å²) < 4.78 is 7.20. The molecule has 0 spiro atoms. The third-order valence-electron chi connectivity index (χ3n) is 6.09. The van der Waals surface area contributed by atoms with E-state index in [0.29, 0.717) is 22.1 Å². The number of rotatable bonds is 6. The summed E-state index contributed by atoms with van der Waals surface area (Å²) in [6, 6.07) is 22.6. The van der Waals surface area contributed by atoms with Gasteiger partial charge in [-0.05, 0) is 48.9 Å². The summed E-state index contributed by atoms with van der Waals surface area (Å²) in [6.45, 7) is 1.55. The lowest BCUT2D eigenvalue weighted by molar-refractivity contribution is -0.153. The number of imidazole rings is 1. The Morgan fingerprint density at radius 1 is 0.971 bits per heavy atom. The van der Waals surface area contributed by atoms with Crippen LogP contribution in [0.5, 0.6) is 0 Å². The SMILES string of the molecule is CCOC(=O)C1C(=O)N(CC(=O)c2ccc(Cl)cc2)c2nc3ccccc3n2C1c1ccccc1. The molecule has 7 nitrogen and oxygen atoms in total. The number of aromatic nitrogens is 2. The molecule has 1 aliphatic heterocycles. The number of para-hydroxylation sites is 2. The van der Waals surface area contributed by atoms with Crippen LogP contribution in [0.3, 0.4) is 0 Å². The van der Waals surface area contributed by atoms with Gasteiger partial charge in [0.05, 0.1) is 30.2 Å². The Morgan fingerprint density at radius 3 is 2.37 bits per heavy atom. The third kappa shape index (κ3) is 4.08. The molecule has 8 heteroatoms. The lowest BCUT2D eigenvalue weighted by atomic mass is 9.89. The Balaban J connectivity index is 1.68. The van der Waals surface area contributed by atoms with E-state index < -0.39 is 23.8 Å². The van der Waals surface area contributed by atoms with Crippen molar-refractivity contribution < 1.29 is 19.1 Å². The summed E-state index contributed by atoms with van der Waals surface area (Å²) in [7, 11) is 0. The fourth-order valence-electron chi connectivity index (χ4n) is 4.52. The largest absolute Gasteiger partial charge is 0.465 e. The van der Waals surface area contributed by atoms with Gasteiger partial charge in [0.15, 0.2) is 11.7 Å². The predicted molar refractivity (Wildman–Crippen MR) is 133 cm³/mol. The second-order valence-electron chi connectivity index (χ2n) is 8.21. The average molecular weight is 488 g/mol. The second kappa shape index (κ2) is 9.35. The molecule has 0 saturated heterocycles. The molecule has 0 fully saturated rings. The molecule has 1 amide bonds. The van der Waals surface area contributed by atoms with Gasteiger partial charge in [0, 0.05) is 10.6 Å². The first-order valence-corrected chi connectivity index (χ1v) is 11.7. The van der Waals surface area contributed by atoms with Crippen LogP contribution in [0.25, 0.3) is 11.0 Å². The molecule has 0 bridgehead atoms. The minimum Gasteiger partial charge on any atom is -0.465 e. The molecular formula is C27H22ClN3O4. The zero-order chi connectivity index (χ0) is 24.5. The highest BCUT2D eigenvalue weighted by molar-refractivity contribution is 6.30. The molecular weight excluding hydrogens is 466 g/mol. The zero-order valence-corrected chi connectivity index (χ0v) is 19.7. The molecule has 1 aromatic heterocycles. The van der Waals surface area contributed by atoms with E-state index >= 15 is 0 Å². The van der Waals surface area contributed by atoms with Crippen LogP contribution in [0.2, 0.25) is 5.02 Å². The van der Waals surface area contributed by atoms with Crippen LogP contribution in [0.1, 0.15) is 28.9 Å². The van der Waals surface area contributed by atoms with Crippen molar-refractivity contribution in [3.63, 3.8) is 0 Å². The van der Waals surface area contributed by atoms with Gasteiger partial charge in [0.25, 0.3) is 0 Å². The molecule has 0 aliphatic carbocycles. The number of fused-ring (bicyclic) bond motifs is 3. The van der Waals surface area contributed by atoms with E-state index in [1.165, 1.54) is 4.90 Å². The van der Waals surface area contributed by atoms with Crippen LogP contribution < -0.4 is 4.90 Å². The molecule has 3 aromatic carbocycles. The predicted octanol–water partition coefficient (Wildman–Crippen LogP) is 4.69. The van der Waals surface area contributed by atoms with Crippen LogP contribution in [-0.4, -0.2) is 40.4 Å². The second-order valence-corrected chi connectivity index (χ2v) is 8.65. The maximum atomic E-state index is 13.9. The van der Waals surface area contributed by atoms with Gasteiger partial charge in [0.1, 0.15) is 0 Å². The number of hydrogen-bond acceptors (Lipinski definition) is 5. The molecule has 5 rings (SSSR count). The molecule has 2 heterocycles. The molecule has 176 valence electrons. The molecule has 0 radical (unpaired) electrons. The monoisotopic (exact) mass is 487 g/mol. The van der Waals surface area contributed by atoms with Gasteiger partial charge >= 0.3 is 5.97 Å². The highest BCUT2D eigenvalue weighted by atomic mass is 35.5. The van der Waals surface area contributed by atoms with Crippen molar-refractivity contribution in [3.05, 3.63) is 95.0 Å². The van der Waals surface area contributed by atoms with Crippen LogP contribution in [0, 0.1) is 5.92 Å². The van der Waals surface area contributed by atoms with Gasteiger partial charge in [-0.3, -0.25) is 19.3 Å². The number of hydrogen-bond donors (Lipinski definition) is 0. The molecule has 0 saturated carbocycles. The molecule has 1 aliphatic rings. The summed E-state index contributed by atoms with van der Waals surface area (Å²) in [5.74, 6) is -2.33. The van der Waals surface area contributed by atoms with Crippen LogP contribution in [0.15, 0.2) is 78.9 Å². The van der Waals surface area contributed by atoms with Gasteiger partial charge in [-0.15, -0.1) is 0 Å². The van der Waals surface area contributed by atoms with E-state index in [2.05, 4.69) is 0 Å². The highest BCUT2D eigenvalue weighted by Crippen LogP contribution is 2.41. The highest BCUT2D eigenvalue weighted by Gasteiger charge is 2.48. The van der Waals surface area contributed by atoms with Crippen molar-refractivity contribution >= 4 is 46.2 Å². The fraction of sp³-hybridized carbons (Fsp3) is 0.185. The number of ketones is 1. The van der Waals surface area contributed by atoms with E-state index in [0.717, 1.165) is 11.1 Å². The Labute approximate surface area is 206 Å². The van der Waals surface area contributed by atoms with E-state index in [1.807, 2.05) is 59.2 Å². The van der Waals surface area contributed by atoms with Crippen molar-refractivity contribution in [1.82, 2.24) is 9.55 Å². The minimum absolute atomic E-state index is 0.130. The van der Waals surface area contributed by atoms with Crippen molar-refractivity contribution in [2.24, 2.45) is 5.92 Å². The Bertz CT molecular complexity index is 1420. The van der Waals surface area contributed by atoms with E-state index in [9.17, 15) is 14.4 Å². The Morgan fingerprint density at radius 2 is 1.66 bits per heavy atom. The normalized spacial score (nSPS) is 17.3. The standard InChI is InChI=1S/C27H22ClN3O4/c1-2-35-26(34)23-24(18-8-4-3-5-9-18)31-21-11-7-6-10-20(21)29-27(31)30(25(23)33)16-22(32)17-12-14-19(28)15-13-17/h3-15,23-24H,2,16H2,1H3. The number of Topliss-reactive ketones (excluding diaryl/α,β-unsaturated/α-hetero) is 1. The third-order valence-corrected chi connectivity index (χ3v) is 6.35. The summed E-state index contributed by atoms with van der Waals surface area (Å²) >= 11 is 5.96. The van der Waals surface area contributed by atoms with Crippen molar-refractivity contribution in [3.8, 4) is 0 Å². The quantitative estimate of drug-likeness (QED) is 0.224. The number of esters is 1. The first-order chi connectivity index (χ1) is 17.0. The maximum absolute atomic E-state index is 13.9. The summed E-state index contributed by atoms with van der Waals surface area (Å²) in [6.07, 6.45) is 0. The lowest BCUT2D eigenvalue weighted by Crippen LogP contribution is -2.51. The molecule has 4 aromatic rings. The first-order valence-electron chi connectivity index (χ1n) is 11.3. The van der Waals surface area contributed by atoms with Crippen molar-refractivity contribution in [1.29, 1.82) is 0 Å². The Kier molecular flexibility index (Phi) is 6.09. The Hall–Kier alpha value is -3.97. The molecule has 2 atom stereocenters. The number of benzene rings is 3. The zero-order valence-electron chi connectivity index (χ0n) is 18.9. The van der Waals surface area contributed by atoms with Gasteiger partial charge in [0.2, 0.25) is 11.9 Å². The fourth-order valence-corrected chi connectivity index (χ4v) is 4.65. The summed E-state index contributed by atoms with van der Waals surface area (Å²) in [5.41, 5.74) is 2.58. The molecule has 2 unspecified atom stereocenters. The smallest absolute Gasteiger partial charge is 0.321 e. The number of carbonyl (C=O) groups is 3. The number of ether oxygens (including phenoxy) is 1. The topological polar surface area (TPSA) is 81.5 Å². The van der Waals surface area contributed by atoms with E-state index in [1.54, 1.807) is 31.2 Å².